The van der Waals surface area contributed by atoms with Gasteiger partial charge < -0.3 is 4.74 Å². The molecule has 6 rings (SSSR count). The van der Waals surface area contributed by atoms with Crippen LogP contribution in [-0.2, 0) is 14.3 Å². The van der Waals surface area contributed by atoms with Gasteiger partial charge in [0.2, 0.25) is 29.0 Å². The molecule has 2 saturated heterocycles. The molecule has 3 atom stereocenters. The number of nitrogens with zero attached hydrogens (tertiary/aromatic N) is 1. The first-order valence-electron chi connectivity index (χ1n) is 11.0. The first-order chi connectivity index (χ1) is 16.8. The first-order valence-corrected chi connectivity index (χ1v) is 12.2. The van der Waals surface area contributed by atoms with Gasteiger partial charge in [0.1, 0.15) is 0 Å². The summed E-state index contributed by atoms with van der Waals surface area (Å²) in [5, 5.41) is 0.456. The van der Waals surface area contributed by atoms with Gasteiger partial charge in [-0.3, -0.25) is 19.2 Å². The van der Waals surface area contributed by atoms with Crippen molar-refractivity contribution < 1.29 is 23.9 Å². The maximum absolute atomic E-state index is 13.9. The molecule has 0 saturated carbocycles. The summed E-state index contributed by atoms with van der Waals surface area (Å²) in [5.41, 5.74) is -0.119. The van der Waals surface area contributed by atoms with Crippen molar-refractivity contribution in [3.63, 3.8) is 0 Å². The fraction of sp³-hybridized carbons (Fsp3) is 0.185. The summed E-state index contributed by atoms with van der Waals surface area (Å²) in [6.45, 7) is 1.78. The number of anilines is 1. The largest absolute Gasteiger partial charge is 0.349 e. The minimum Gasteiger partial charge on any atom is -0.349 e. The number of hydrogen-bond donors (Lipinski definition) is 0. The van der Waals surface area contributed by atoms with Crippen LogP contribution in [-0.4, -0.2) is 29.0 Å². The summed E-state index contributed by atoms with van der Waals surface area (Å²) < 4.78 is 7.10. The van der Waals surface area contributed by atoms with Crippen molar-refractivity contribution in [1.29, 1.82) is 0 Å². The minimum atomic E-state index is -2.11. The third-order valence-electron chi connectivity index (χ3n) is 7.22. The Hall–Kier alpha value is -3.13. The predicted octanol–water partition coefficient (Wildman–Crippen LogP) is 5.11. The highest BCUT2D eigenvalue weighted by atomic mass is 79.9. The lowest BCUT2D eigenvalue weighted by Crippen LogP contribution is -2.51. The van der Waals surface area contributed by atoms with E-state index in [2.05, 4.69) is 15.9 Å². The maximum Gasteiger partial charge on any atom is 0.241 e. The summed E-state index contributed by atoms with van der Waals surface area (Å²) in [6.07, 6.45) is -1.00. The van der Waals surface area contributed by atoms with E-state index in [4.69, 9.17) is 16.3 Å². The van der Waals surface area contributed by atoms with Gasteiger partial charge in [-0.2, -0.15) is 0 Å². The number of Topliss-reactive ketones (excluding diaryl/α,β-unsaturated/α-hetero) is 2. The van der Waals surface area contributed by atoms with Crippen molar-refractivity contribution in [3.8, 4) is 0 Å². The molecular formula is C27H17BrClNO5. The van der Waals surface area contributed by atoms with Crippen molar-refractivity contribution in [2.24, 2.45) is 11.8 Å². The van der Waals surface area contributed by atoms with E-state index in [1.807, 2.05) is 0 Å². The second-order valence-corrected chi connectivity index (χ2v) is 10.2. The highest BCUT2D eigenvalue weighted by Crippen LogP contribution is 2.58. The summed E-state index contributed by atoms with van der Waals surface area (Å²) >= 11 is 9.72. The van der Waals surface area contributed by atoms with Gasteiger partial charge in [-0.25, -0.2) is 4.90 Å². The van der Waals surface area contributed by atoms with E-state index in [0.29, 0.717) is 21.8 Å². The van der Waals surface area contributed by atoms with Gasteiger partial charge in [-0.15, -0.1) is 0 Å². The van der Waals surface area contributed by atoms with Crippen molar-refractivity contribution >= 4 is 56.6 Å². The number of ether oxygens (including phenoxy) is 1. The van der Waals surface area contributed by atoms with Crippen LogP contribution < -0.4 is 4.90 Å². The molecule has 2 amide bonds. The van der Waals surface area contributed by atoms with Gasteiger partial charge >= 0.3 is 0 Å². The number of amides is 2. The summed E-state index contributed by atoms with van der Waals surface area (Å²) in [5.74, 6) is -4.68. The van der Waals surface area contributed by atoms with E-state index in [-0.39, 0.29) is 11.1 Å². The zero-order valence-corrected chi connectivity index (χ0v) is 20.7. The molecule has 35 heavy (non-hydrogen) atoms. The Morgan fingerprint density at radius 2 is 1.49 bits per heavy atom. The Kier molecular flexibility index (Phi) is 4.90. The number of hydrogen-bond acceptors (Lipinski definition) is 5. The molecule has 0 aromatic heterocycles. The molecule has 2 aliphatic heterocycles. The molecule has 0 radical (unpaired) electrons. The van der Waals surface area contributed by atoms with Gasteiger partial charge in [-0.1, -0.05) is 63.9 Å². The van der Waals surface area contributed by atoms with Crippen LogP contribution in [0.1, 0.15) is 37.9 Å². The Morgan fingerprint density at radius 3 is 2.11 bits per heavy atom. The van der Waals surface area contributed by atoms with Gasteiger partial charge in [-0.05, 0) is 48.4 Å². The number of imide groups is 1. The van der Waals surface area contributed by atoms with Crippen LogP contribution in [0.5, 0.6) is 0 Å². The number of rotatable bonds is 2. The number of ketones is 2. The second kappa shape index (κ2) is 7.68. The molecule has 8 heteroatoms. The molecule has 0 bridgehead atoms. The highest BCUT2D eigenvalue weighted by Gasteiger charge is 2.74. The van der Waals surface area contributed by atoms with Gasteiger partial charge in [0.05, 0.1) is 23.6 Å². The Balaban J connectivity index is 1.57. The molecule has 3 aromatic carbocycles. The highest BCUT2D eigenvalue weighted by molar-refractivity contribution is 9.10. The number of carbonyl (C=O) groups excluding carboxylic acids is 4. The number of halogens is 2. The van der Waals surface area contributed by atoms with Crippen molar-refractivity contribution in [2.45, 2.75) is 18.6 Å². The van der Waals surface area contributed by atoms with E-state index in [9.17, 15) is 19.2 Å². The average molecular weight is 551 g/mol. The number of benzene rings is 3. The quantitative estimate of drug-likeness (QED) is 0.327. The normalized spacial score (nSPS) is 24.4. The molecule has 6 nitrogen and oxygen atoms in total. The molecule has 174 valence electrons. The maximum atomic E-state index is 13.9. The second-order valence-electron chi connectivity index (χ2n) is 8.92. The topological polar surface area (TPSA) is 80.8 Å². The van der Waals surface area contributed by atoms with Crippen LogP contribution >= 0.6 is 27.5 Å². The predicted molar refractivity (Wildman–Crippen MR) is 131 cm³/mol. The van der Waals surface area contributed by atoms with Crippen LogP contribution in [0.25, 0.3) is 0 Å². The SMILES string of the molecule is Cc1c(Cl)cccc1[C@@H]1OC2(C(=O)c3ccccc3C2=O)[C@@H]2C(=O)N(c3ccc(Br)cc3)C(=O)[C@H]21. The average Bonchev–Trinajstić information content (AvgIpc) is 3.42. The fourth-order valence-electron chi connectivity index (χ4n) is 5.58. The molecule has 2 fully saturated rings. The molecule has 3 aliphatic rings. The Labute approximate surface area is 214 Å². The zero-order chi connectivity index (χ0) is 24.6. The lowest BCUT2D eigenvalue weighted by molar-refractivity contribution is -0.127. The third kappa shape index (κ3) is 2.86. The molecule has 1 spiro atoms. The van der Waals surface area contributed by atoms with Crippen LogP contribution in [0.15, 0.2) is 71.2 Å². The van der Waals surface area contributed by atoms with E-state index in [0.717, 1.165) is 9.37 Å². The van der Waals surface area contributed by atoms with Crippen molar-refractivity contribution in [2.75, 3.05) is 4.90 Å². The first kappa shape index (κ1) is 22.3. The molecule has 3 aromatic rings. The molecule has 1 aliphatic carbocycles. The van der Waals surface area contributed by atoms with Crippen LogP contribution in [0.2, 0.25) is 5.02 Å². The Bertz CT molecular complexity index is 1430. The van der Waals surface area contributed by atoms with Gasteiger partial charge in [0.15, 0.2) is 0 Å². The van der Waals surface area contributed by atoms with Gasteiger partial charge in [0, 0.05) is 20.6 Å². The molecular weight excluding hydrogens is 534 g/mol. The Morgan fingerprint density at radius 1 is 0.857 bits per heavy atom. The summed E-state index contributed by atoms with van der Waals surface area (Å²) in [7, 11) is 0. The van der Waals surface area contributed by atoms with Crippen LogP contribution in [0.4, 0.5) is 5.69 Å². The zero-order valence-electron chi connectivity index (χ0n) is 18.3. The molecule has 0 unspecified atom stereocenters. The molecule has 2 heterocycles. The van der Waals surface area contributed by atoms with E-state index in [1.165, 1.54) is 0 Å². The van der Waals surface area contributed by atoms with E-state index in [1.54, 1.807) is 73.7 Å². The van der Waals surface area contributed by atoms with E-state index >= 15 is 0 Å². The lowest BCUT2D eigenvalue weighted by atomic mass is 9.77. The monoisotopic (exact) mass is 549 g/mol. The van der Waals surface area contributed by atoms with E-state index < -0.39 is 46.9 Å². The van der Waals surface area contributed by atoms with Gasteiger partial charge in [0.25, 0.3) is 0 Å². The van der Waals surface area contributed by atoms with Crippen LogP contribution in [0.3, 0.4) is 0 Å². The minimum absolute atomic E-state index is 0.196. The summed E-state index contributed by atoms with van der Waals surface area (Å²) in [6, 6.07) is 18.3. The standard InChI is InChI=1S/C27H17BrClNO5/c1-13-16(7-4-8-19(13)29)22-20-21(26(34)30(25(20)33)15-11-9-14(28)10-12-15)27(35-22)23(31)17-5-2-3-6-18(17)24(27)32/h2-12,20-22H,1H3/t20-,21+,22+/m1/s1. The smallest absolute Gasteiger partial charge is 0.241 e. The summed E-state index contributed by atoms with van der Waals surface area (Å²) in [4.78, 5) is 56.4. The third-order valence-corrected chi connectivity index (χ3v) is 8.16. The number of fused-ring (bicyclic) bond motifs is 3. The number of carbonyl (C=O) groups is 4. The molecule has 0 N–H and O–H groups in total. The van der Waals surface area contributed by atoms with Crippen molar-refractivity contribution in [1.82, 2.24) is 0 Å². The lowest BCUT2D eigenvalue weighted by Gasteiger charge is -2.27. The fourth-order valence-corrected chi connectivity index (χ4v) is 6.02. The van der Waals surface area contributed by atoms with Crippen molar-refractivity contribution in [3.05, 3.63) is 98.5 Å². The van der Waals surface area contributed by atoms with Crippen LogP contribution in [0, 0.1) is 18.8 Å².